The second-order valence-corrected chi connectivity index (χ2v) is 10.8. The molecule has 0 atom stereocenters. The molecule has 33 heavy (non-hydrogen) atoms. The Labute approximate surface area is 205 Å². The molecule has 0 bridgehead atoms. The highest BCUT2D eigenvalue weighted by Gasteiger charge is 2.38. The number of hydrogen-bond donors (Lipinski definition) is 0. The Kier molecular flexibility index (Phi) is 7.60. The van der Waals surface area contributed by atoms with E-state index in [0.29, 0.717) is 21.3 Å². The maximum atomic E-state index is 13.5. The second-order valence-electron chi connectivity index (χ2n) is 9.14. The number of anilines is 1. The molecule has 1 aliphatic carbocycles. The van der Waals surface area contributed by atoms with Crippen molar-refractivity contribution in [2.24, 2.45) is 0 Å². The van der Waals surface area contributed by atoms with E-state index in [-0.39, 0.29) is 23.1 Å². The number of carbonyl (C=O) groups excluding carboxylic acids is 1. The van der Waals surface area contributed by atoms with Gasteiger partial charge in [0.05, 0.1) is 4.91 Å². The van der Waals surface area contributed by atoms with E-state index in [1.165, 1.54) is 31.0 Å². The number of hydrogen-bond acceptors (Lipinski definition) is 6. The summed E-state index contributed by atoms with van der Waals surface area (Å²) in [7, 11) is 0. The summed E-state index contributed by atoms with van der Waals surface area (Å²) < 4.78 is 2.33. The van der Waals surface area contributed by atoms with E-state index in [9.17, 15) is 14.9 Å². The zero-order valence-electron chi connectivity index (χ0n) is 19.6. The van der Waals surface area contributed by atoms with Gasteiger partial charge in [0.1, 0.15) is 21.8 Å². The molecule has 4 rings (SSSR count). The molecule has 0 aromatic carbocycles. The van der Waals surface area contributed by atoms with Crippen molar-refractivity contribution in [2.75, 3.05) is 18.0 Å². The Morgan fingerprint density at radius 2 is 1.73 bits per heavy atom. The molecule has 3 fully saturated rings. The Balaban J connectivity index is 1.83. The lowest BCUT2D eigenvalue weighted by Gasteiger charge is -2.30. The third kappa shape index (κ3) is 4.63. The van der Waals surface area contributed by atoms with Gasteiger partial charge in [-0.2, -0.15) is 5.26 Å². The minimum Gasteiger partial charge on any atom is -0.357 e. The first-order chi connectivity index (χ1) is 16.0. The third-order valence-electron chi connectivity index (χ3n) is 7.11. The maximum Gasteiger partial charge on any atom is 0.270 e. The molecule has 0 unspecified atom stereocenters. The van der Waals surface area contributed by atoms with E-state index in [0.717, 1.165) is 63.0 Å². The van der Waals surface area contributed by atoms with Gasteiger partial charge in [-0.15, -0.1) is 0 Å². The fourth-order valence-corrected chi connectivity index (χ4v) is 6.71. The van der Waals surface area contributed by atoms with Crippen LogP contribution in [-0.4, -0.2) is 38.8 Å². The molecular formula is C25H32N4O2S2. The van der Waals surface area contributed by atoms with Crippen LogP contribution in [0.3, 0.4) is 0 Å². The van der Waals surface area contributed by atoms with E-state index in [4.69, 9.17) is 12.2 Å². The summed E-state index contributed by atoms with van der Waals surface area (Å²) in [6.45, 7) is 5.98. The lowest BCUT2D eigenvalue weighted by Crippen LogP contribution is -2.39. The highest BCUT2D eigenvalue weighted by atomic mass is 32.2. The predicted molar refractivity (Wildman–Crippen MR) is 138 cm³/mol. The highest BCUT2D eigenvalue weighted by molar-refractivity contribution is 8.26. The lowest BCUT2D eigenvalue weighted by molar-refractivity contribution is -0.124. The van der Waals surface area contributed by atoms with Gasteiger partial charge in [-0.1, -0.05) is 56.1 Å². The molecule has 8 heteroatoms. The smallest absolute Gasteiger partial charge is 0.270 e. The van der Waals surface area contributed by atoms with E-state index in [1.54, 1.807) is 4.57 Å². The summed E-state index contributed by atoms with van der Waals surface area (Å²) in [6, 6.07) is 2.30. The first-order valence-corrected chi connectivity index (χ1v) is 13.4. The quantitative estimate of drug-likeness (QED) is 0.444. The van der Waals surface area contributed by atoms with Crippen molar-refractivity contribution < 1.29 is 4.79 Å². The normalized spacial score (nSPS) is 21.5. The van der Waals surface area contributed by atoms with Crippen LogP contribution < -0.4 is 10.5 Å². The van der Waals surface area contributed by atoms with Gasteiger partial charge in [0, 0.05) is 31.2 Å². The summed E-state index contributed by atoms with van der Waals surface area (Å²) in [5, 5.41) is 9.76. The molecule has 176 valence electrons. The van der Waals surface area contributed by atoms with Crippen LogP contribution in [-0.2, 0) is 11.3 Å². The number of nitrogens with zero attached hydrogens (tertiary/aromatic N) is 4. The van der Waals surface area contributed by atoms with Crippen LogP contribution in [0.1, 0.15) is 81.4 Å². The van der Waals surface area contributed by atoms with Crippen LogP contribution in [0.4, 0.5) is 5.82 Å². The molecular weight excluding hydrogens is 452 g/mol. The van der Waals surface area contributed by atoms with Crippen molar-refractivity contribution >= 4 is 46.1 Å². The Bertz CT molecular complexity index is 1070. The van der Waals surface area contributed by atoms with Gasteiger partial charge in [0.15, 0.2) is 0 Å². The zero-order chi connectivity index (χ0) is 23.5. The second kappa shape index (κ2) is 10.4. The molecule has 0 N–H and O–H groups in total. The van der Waals surface area contributed by atoms with Gasteiger partial charge in [-0.05, 0) is 51.2 Å². The van der Waals surface area contributed by atoms with Crippen molar-refractivity contribution in [2.45, 2.75) is 84.2 Å². The van der Waals surface area contributed by atoms with Crippen molar-refractivity contribution in [1.29, 1.82) is 5.26 Å². The van der Waals surface area contributed by atoms with Crippen LogP contribution >= 0.6 is 24.0 Å². The molecule has 0 radical (unpaired) electrons. The largest absolute Gasteiger partial charge is 0.357 e. The summed E-state index contributed by atoms with van der Waals surface area (Å²) in [5.74, 6) is 0.801. The molecule has 1 amide bonds. The van der Waals surface area contributed by atoms with Crippen molar-refractivity contribution in [1.82, 2.24) is 9.47 Å². The van der Waals surface area contributed by atoms with E-state index >= 15 is 0 Å². The molecule has 1 aromatic heterocycles. The number of rotatable bonds is 4. The molecule has 0 spiro atoms. The first kappa shape index (κ1) is 24.0. The highest BCUT2D eigenvalue weighted by Crippen LogP contribution is 2.39. The van der Waals surface area contributed by atoms with Crippen LogP contribution in [0, 0.1) is 18.3 Å². The van der Waals surface area contributed by atoms with Crippen LogP contribution in [0.15, 0.2) is 9.70 Å². The maximum absolute atomic E-state index is 13.5. The number of amides is 1. The van der Waals surface area contributed by atoms with Crippen LogP contribution in [0.2, 0.25) is 0 Å². The fraction of sp³-hybridized carbons (Fsp3) is 0.600. The Morgan fingerprint density at radius 1 is 1.09 bits per heavy atom. The van der Waals surface area contributed by atoms with Gasteiger partial charge in [-0.3, -0.25) is 19.1 Å². The summed E-state index contributed by atoms with van der Waals surface area (Å²) in [4.78, 5) is 31.3. The van der Waals surface area contributed by atoms with Crippen molar-refractivity contribution in [3.05, 3.63) is 31.9 Å². The van der Waals surface area contributed by atoms with E-state index < -0.39 is 0 Å². The number of nitriles is 1. The third-order valence-corrected chi connectivity index (χ3v) is 8.44. The zero-order valence-corrected chi connectivity index (χ0v) is 21.2. The van der Waals surface area contributed by atoms with Crippen molar-refractivity contribution in [3.63, 3.8) is 0 Å². The molecule has 1 aromatic rings. The lowest BCUT2D eigenvalue weighted by atomic mass is 9.94. The van der Waals surface area contributed by atoms with Gasteiger partial charge in [0.25, 0.3) is 11.5 Å². The van der Waals surface area contributed by atoms with Gasteiger partial charge >= 0.3 is 0 Å². The SMILES string of the molecule is CCn1c(N2CCCCCC2)c(/C=C2/SC(=S)N(C3CCCCC3)C2=O)c(C)c(C#N)c1=O. The molecule has 2 aliphatic heterocycles. The fourth-order valence-electron chi connectivity index (χ4n) is 5.33. The van der Waals surface area contributed by atoms with Gasteiger partial charge in [0.2, 0.25) is 0 Å². The topological polar surface area (TPSA) is 69.3 Å². The van der Waals surface area contributed by atoms with Crippen molar-refractivity contribution in [3.8, 4) is 6.07 Å². The molecule has 3 heterocycles. The first-order valence-electron chi connectivity index (χ1n) is 12.2. The number of pyridine rings is 1. The standard InChI is InChI=1S/C25H32N4O2S2/c1-3-28-22(27-13-9-4-5-10-14-27)19(17(2)20(16-26)23(28)30)15-21-24(31)29(25(32)33-21)18-11-7-6-8-12-18/h15,18H,3-14H2,1-2H3/b21-15+. The average Bonchev–Trinajstić information content (AvgIpc) is 2.98. The minimum atomic E-state index is -0.247. The van der Waals surface area contributed by atoms with Crippen LogP contribution in [0.5, 0.6) is 0 Å². The Hall–Kier alpha value is -2.11. The Morgan fingerprint density at radius 3 is 2.33 bits per heavy atom. The van der Waals surface area contributed by atoms with E-state index in [1.807, 2.05) is 24.8 Å². The number of thioether (sulfide) groups is 1. The molecule has 3 aliphatic rings. The van der Waals surface area contributed by atoms with Crippen LogP contribution in [0.25, 0.3) is 6.08 Å². The monoisotopic (exact) mass is 484 g/mol. The average molecular weight is 485 g/mol. The summed E-state index contributed by atoms with van der Waals surface area (Å²) in [6.07, 6.45) is 11.9. The molecule has 1 saturated carbocycles. The molecule has 2 saturated heterocycles. The number of aromatic nitrogens is 1. The summed E-state index contributed by atoms with van der Waals surface area (Å²) in [5.41, 5.74) is 1.36. The van der Waals surface area contributed by atoms with Gasteiger partial charge in [-0.25, -0.2) is 0 Å². The number of thiocarbonyl (C=S) groups is 1. The van der Waals surface area contributed by atoms with E-state index in [2.05, 4.69) is 11.0 Å². The van der Waals surface area contributed by atoms with Gasteiger partial charge < -0.3 is 4.90 Å². The number of carbonyl (C=O) groups is 1. The minimum absolute atomic E-state index is 0.0362. The summed E-state index contributed by atoms with van der Waals surface area (Å²) >= 11 is 6.98. The molecule has 6 nitrogen and oxygen atoms in total. The predicted octanol–water partition coefficient (Wildman–Crippen LogP) is 4.96.